The van der Waals surface area contributed by atoms with Gasteiger partial charge in [-0.2, -0.15) is 13.5 Å². The Bertz CT molecular complexity index is 662. The third kappa shape index (κ3) is 4.62. The molecule has 1 atom stereocenters. The Morgan fingerprint density at radius 3 is 2.86 bits per heavy atom. The maximum absolute atomic E-state index is 12.4. The van der Waals surface area contributed by atoms with E-state index >= 15 is 0 Å². The highest BCUT2D eigenvalue weighted by molar-refractivity contribution is 7.85. The van der Waals surface area contributed by atoms with Gasteiger partial charge in [-0.15, -0.1) is 0 Å². The van der Waals surface area contributed by atoms with Gasteiger partial charge in [-0.25, -0.2) is 4.68 Å². The Balaban J connectivity index is 2.02. The Hall–Kier alpha value is -1.25. The fourth-order valence-electron chi connectivity index (χ4n) is 2.44. The Labute approximate surface area is 130 Å². The quantitative estimate of drug-likeness (QED) is 0.574. The normalized spacial score (nSPS) is 19.3. The molecule has 0 aromatic carbocycles. The first-order chi connectivity index (χ1) is 10.4. The van der Waals surface area contributed by atoms with Crippen LogP contribution in [0.4, 0.5) is 0 Å². The average Bonchev–Trinajstić information content (AvgIpc) is 2.48. The molecule has 1 aromatic rings. The van der Waals surface area contributed by atoms with Gasteiger partial charge >= 0.3 is 0 Å². The lowest BCUT2D eigenvalue weighted by molar-refractivity contribution is -0.0426. The minimum Gasteiger partial charge on any atom is -0.356 e. The van der Waals surface area contributed by atoms with E-state index in [2.05, 4.69) is 9.28 Å². The summed E-state index contributed by atoms with van der Waals surface area (Å²) >= 11 is 0. The van der Waals surface area contributed by atoms with Crippen LogP contribution in [0.1, 0.15) is 43.0 Å². The standard InChI is InChI=1S/C14H22N2O5S/c1-11-12(6-5-9-21-22(2,18)19)10-15-16(14(11)17)13-7-3-4-8-20-13/h10,13H,3-9H2,1-2H3. The van der Waals surface area contributed by atoms with Crippen molar-refractivity contribution in [2.75, 3.05) is 19.5 Å². The molecule has 1 saturated heterocycles. The Kier molecular flexibility index (Phi) is 5.71. The average molecular weight is 330 g/mol. The van der Waals surface area contributed by atoms with Gasteiger partial charge in [-0.3, -0.25) is 8.98 Å². The second-order valence-electron chi connectivity index (χ2n) is 5.50. The topological polar surface area (TPSA) is 87.5 Å². The SMILES string of the molecule is Cc1c(CCCOS(C)(=O)=O)cnn(C2CCCCO2)c1=O. The summed E-state index contributed by atoms with van der Waals surface area (Å²) < 4.78 is 33.4. The first-order valence-corrected chi connectivity index (χ1v) is 9.23. The van der Waals surface area contributed by atoms with Gasteiger partial charge in [0.1, 0.15) is 0 Å². The largest absolute Gasteiger partial charge is 0.356 e. The fraction of sp³-hybridized carbons (Fsp3) is 0.714. The zero-order valence-corrected chi connectivity index (χ0v) is 13.8. The molecular weight excluding hydrogens is 308 g/mol. The van der Waals surface area contributed by atoms with Gasteiger partial charge in [0.05, 0.1) is 19.1 Å². The second kappa shape index (κ2) is 7.34. The van der Waals surface area contributed by atoms with E-state index < -0.39 is 10.1 Å². The molecule has 2 rings (SSSR count). The van der Waals surface area contributed by atoms with Crippen molar-refractivity contribution in [3.8, 4) is 0 Å². The van der Waals surface area contributed by atoms with E-state index in [1.165, 1.54) is 4.68 Å². The van der Waals surface area contributed by atoms with Crippen molar-refractivity contribution < 1.29 is 17.3 Å². The lowest BCUT2D eigenvalue weighted by Crippen LogP contribution is -2.32. The van der Waals surface area contributed by atoms with Crippen LogP contribution >= 0.6 is 0 Å². The molecule has 1 aliphatic rings. The summed E-state index contributed by atoms with van der Waals surface area (Å²) in [5.41, 5.74) is 1.30. The number of nitrogens with zero attached hydrogens (tertiary/aromatic N) is 2. The lowest BCUT2D eigenvalue weighted by atomic mass is 10.1. The van der Waals surface area contributed by atoms with Crippen molar-refractivity contribution in [2.24, 2.45) is 0 Å². The minimum atomic E-state index is -3.42. The summed E-state index contributed by atoms with van der Waals surface area (Å²) in [6.07, 6.45) is 6.32. The summed E-state index contributed by atoms with van der Waals surface area (Å²) in [6, 6.07) is 0. The molecule has 1 aromatic heterocycles. The summed E-state index contributed by atoms with van der Waals surface area (Å²) in [5.74, 6) is 0. The molecule has 0 bridgehead atoms. The highest BCUT2D eigenvalue weighted by Crippen LogP contribution is 2.20. The van der Waals surface area contributed by atoms with Crippen molar-refractivity contribution >= 4 is 10.1 Å². The van der Waals surface area contributed by atoms with Gasteiger partial charge in [0.25, 0.3) is 15.7 Å². The molecule has 124 valence electrons. The van der Waals surface area contributed by atoms with Gasteiger partial charge in [-0.1, -0.05) is 0 Å². The molecule has 8 heteroatoms. The Morgan fingerprint density at radius 2 is 2.23 bits per heavy atom. The van der Waals surface area contributed by atoms with Crippen LogP contribution in [0.25, 0.3) is 0 Å². The zero-order valence-electron chi connectivity index (χ0n) is 12.9. The van der Waals surface area contributed by atoms with Gasteiger partial charge in [-0.05, 0) is 44.6 Å². The van der Waals surface area contributed by atoms with E-state index in [4.69, 9.17) is 4.74 Å². The van der Waals surface area contributed by atoms with Crippen molar-refractivity contribution in [3.05, 3.63) is 27.7 Å². The predicted molar refractivity (Wildman–Crippen MR) is 81.2 cm³/mol. The van der Waals surface area contributed by atoms with Gasteiger partial charge in [0.15, 0.2) is 6.23 Å². The number of hydrogen-bond donors (Lipinski definition) is 0. The molecule has 2 heterocycles. The molecule has 22 heavy (non-hydrogen) atoms. The fourth-order valence-corrected chi connectivity index (χ4v) is 2.86. The molecule has 1 fully saturated rings. The maximum atomic E-state index is 12.4. The molecule has 0 N–H and O–H groups in total. The van der Waals surface area contributed by atoms with Gasteiger partial charge < -0.3 is 4.74 Å². The molecule has 7 nitrogen and oxygen atoms in total. The highest BCUT2D eigenvalue weighted by atomic mass is 32.2. The van der Waals surface area contributed by atoms with Crippen LogP contribution in [0.15, 0.2) is 11.0 Å². The van der Waals surface area contributed by atoms with Gasteiger partial charge in [0.2, 0.25) is 0 Å². The summed E-state index contributed by atoms with van der Waals surface area (Å²) in [6.45, 7) is 2.52. The van der Waals surface area contributed by atoms with E-state index in [1.54, 1.807) is 13.1 Å². The van der Waals surface area contributed by atoms with Crippen LogP contribution in [0, 0.1) is 6.92 Å². The maximum Gasteiger partial charge on any atom is 0.272 e. The number of aryl methyl sites for hydroxylation is 1. The third-order valence-electron chi connectivity index (χ3n) is 3.66. The summed E-state index contributed by atoms with van der Waals surface area (Å²) in [7, 11) is -3.42. The number of aromatic nitrogens is 2. The van der Waals surface area contributed by atoms with E-state index in [0.717, 1.165) is 31.1 Å². The molecular formula is C14H22N2O5S. The van der Waals surface area contributed by atoms with Crippen molar-refractivity contribution in [3.63, 3.8) is 0 Å². The predicted octanol–water partition coefficient (Wildman–Crippen LogP) is 1.16. The van der Waals surface area contributed by atoms with E-state index in [-0.39, 0.29) is 18.4 Å². The lowest BCUT2D eigenvalue weighted by Gasteiger charge is -2.23. The highest BCUT2D eigenvalue weighted by Gasteiger charge is 2.19. The van der Waals surface area contributed by atoms with Crippen LogP contribution in [-0.4, -0.2) is 37.7 Å². The van der Waals surface area contributed by atoms with Crippen LogP contribution in [0.5, 0.6) is 0 Å². The monoisotopic (exact) mass is 330 g/mol. The van der Waals surface area contributed by atoms with Crippen LogP contribution in [-0.2, 0) is 25.5 Å². The molecule has 0 saturated carbocycles. The van der Waals surface area contributed by atoms with Crippen molar-refractivity contribution in [1.82, 2.24) is 9.78 Å². The van der Waals surface area contributed by atoms with E-state index in [1.807, 2.05) is 0 Å². The van der Waals surface area contributed by atoms with Crippen LogP contribution in [0.2, 0.25) is 0 Å². The third-order valence-corrected chi connectivity index (χ3v) is 4.26. The van der Waals surface area contributed by atoms with Crippen molar-refractivity contribution in [2.45, 2.75) is 45.3 Å². The number of ether oxygens (including phenoxy) is 1. The summed E-state index contributed by atoms with van der Waals surface area (Å²) in [4.78, 5) is 12.4. The molecule has 0 spiro atoms. The Morgan fingerprint density at radius 1 is 1.45 bits per heavy atom. The first-order valence-electron chi connectivity index (χ1n) is 7.42. The molecule has 0 amide bonds. The van der Waals surface area contributed by atoms with Crippen molar-refractivity contribution in [1.29, 1.82) is 0 Å². The number of hydrogen-bond acceptors (Lipinski definition) is 6. The minimum absolute atomic E-state index is 0.104. The molecule has 1 unspecified atom stereocenters. The molecule has 1 aliphatic heterocycles. The zero-order chi connectivity index (χ0) is 16.2. The van der Waals surface area contributed by atoms with Crippen LogP contribution < -0.4 is 5.56 Å². The second-order valence-corrected chi connectivity index (χ2v) is 7.14. The smallest absolute Gasteiger partial charge is 0.272 e. The summed E-state index contributed by atoms with van der Waals surface area (Å²) in [5, 5.41) is 4.21. The number of rotatable bonds is 6. The van der Waals surface area contributed by atoms with E-state index in [9.17, 15) is 13.2 Å². The molecule has 0 aliphatic carbocycles. The molecule has 0 radical (unpaired) electrons. The van der Waals surface area contributed by atoms with E-state index in [0.29, 0.717) is 25.0 Å². The first kappa shape index (κ1) is 17.1. The van der Waals surface area contributed by atoms with Crippen LogP contribution in [0.3, 0.4) is 0 Å². The van der Waals surface area contributed by atoms with Gasteiger partial charge in [0, 0.05) is 12.2 Å².